The molecule has 3 heteroatoms. The van der Waals surface area contributed by atoms with Crippen molar-refractivity contribution < 1.29 is 4.39 Å². The quantitative estimate of drug-likeness (QED) is 0.521. The zero-order valence-corrected chi connectivity index (χ0v) is 6.68. The second kappa shape index (κ2) is 2.75. The first kappa shape index (κ1) is 7.55. The van der Waals surface area contributed by atoms with Crippen LogP contribution in [0.3, 0.4) is 0 Å². The van der Waals surface area contributed by atoms with Gasteiger partial charge >= 0.3 is 0 Å². The standard InChI is InChI=1S/C9H11FN2/c10-9-4-3-7(12-11)5-8(9)6-1-2-6/h3-6,12H,1-2,11H2. The summed E-state index contributed by atoms with van der Waals surface area (Å²) in [6.07, 6.45) is 2.20. The van der Waals surface area contributed by atoms with E-state index in [0.717, 1.165) is 24.1 Å². The zero-order chi connectivity index (χ0) is 8.55. The molecule has 0 aliphatic heterocycles. The number of benzene rings is 1. The molecule has 0 spiro atoms. The maximum absolute atomic E-state index is 13.1. The van der Waals surface area contributed by atoms with Gasteiger partial charge in [-0.2, -0.15) is 0 Å². The average Bonchev–Trinajstić information content (AvgIpc) is 2.88. The van der Waals surface area contributed by atoms with Crippen LogP contribution in [0.5, 0.6) is 0 Å². The molecular weight excluding hydrogens is 155 g/mol. The molecule has 0 heterocycles. The van der Waals surface area contributed by atoms with E-state index in [9.17, 15) is 4.39 Å². The summed E-state index contributed by atoms with van der Waals surface area (Å²) in [5.41, 5.74) is 4.08. The molecule has 2 rings (SSSR count). The van der Waals surface area contributed by atoms with Crippen LogP contribution in [0.15, 0.2) is 18.2 Å². The predicted octanol–water partition coefficient (Wildman–Crippen LogP) is 1.99. The lowest BCUT2D eigenvalue weighted by Gasteiger charge is -2.04. The summed E-state index contributed by atoms with van der Waals surface area (Å²) in [6.45, 7) is 0. The molecule has 1 saturated carbocycles. The average molecular weight is 166 g/mol. The number of nitrogen functional groups attached to an aromatic ring is 1. The van der Waals surface area contributed by atoms with Gasteiger partial charge in [-0.1, -0.05) is 0 Å². The molecule has 64 valence electrons. The van der Waals surface area contributed by atoms with E-state index < -0.39 is 0 Å². The Morgan fingerprint density at radius 1 is 1.42 bits per heavy atom. The Morgan fingerprint density at radius 3 is 2.75 bits per heavy atom. The lowest BCUT2D eigenvalue weighted by Crippen LogP contribution is -2.07. The highest BCUT2D eigenvalue weighted by Crippen LogP contribution is 2.41. The van der Waals surface area contributed by atoms with Gasteiger partial charge in [-0.05, 0) is 42.5 Å². The van der Waals surface area contributed by atoms with Gasteiger partial charge in [0.05, 0.1) is 0 Å². The highest BCUT2D eigenvalue weighted by molar-refractivity contribution is 5.46. The number of rotatable bonds is 2. The number of hydrazine groups is 1. The molecule has 1 aromatic rings. The summed E-state index contributed by atoms with van der Waals surface area (Å²) in [5.74, 6) is 5.53. The van der Waals surface area contributed by atoms with Crippen molar-refractivity contribution in [2.45, 2.75) is 18.8 Å². The number of anilines is 1. The van der Waals surface area contributed by atoms with Gasteiger partial charge in [-0.15, -0.1) is 0 Å². The summed E-state index contributed by atoms with van der Waals surface area (Å²) in [6, 6.07) is 4.89. The van der Waals surface area contributed by atoms with Gasteiger partial charge in [-0.3, -0.25) is 5.84 Å². The minimum atomic E-state index is -0.114. The minimum absolute atomic E-state index is 0.114. The largest absolute Gasteiger partial charge is 0.324 e. The van der Waals surface area contributed by atoms with Crippen LogP contribution in [0.1, 0.15) is 24.3 Å². The van der Waals surface area contributed by atoms with Gasteiger partial charge in [0.15, 0.2) is 0 Å². The molecule has 0 unspecified atom stereocenters. The van der Waals surface area contributed by atoms with Gasteiger partial charge in [0, 0.05) is 5.69 Å². The van der Waals surface area contributed by atoms with E-state index in [1.165, 1.54) is 6.07 Å². The molecule has 1 aliphatic rings. The van der Waals surface area contributed by atoms with Gasteiger partial charge in [0.2, 0.25) is 0 Å². The van der Waals surface area contributed by atoms with E-state index in [4.69, 9.17) is 5.84 Å². The number of halogens is 1. The Labute approximate surface area is 70.5 Å². The van der Waals surface area contributed by atoms with E-state index in [2.05, 4.69) is 5.43 Å². The Hall–Kier alpha value is -1.09. The molecule has 0 aromatic heterocycles. The second-order valence-corrected chi connectivity index (χ2v) is 3.15. The topological polar surface area (TPSA) is 38.0 Å². The molecule has 1 fully saturated rings. The summed E-state index contributed by atoms with van der Waals surface area (Å²) in [5, 5.41) is 0. The van der Waals surface area contributed by atoms with Crippen LogP contribution in [0.25, 0.3) is 0 Å². The van der Waals surface area contributed by atoms with Crippen molar-refractivity contribution in [2.75, 3.05) is 5.43 Å². The van der Waals surface area contributed by atoms with Crippen molar-refractivity contribution >= 4 is 5.69 Å². The maximum Gasteiger partial charge on any atom is 0.126 e. The third kappa shape index (κ3) is 1.28. The molecular formula is C9H11FN2. The summed E-state index contributed by atoms with van der Waals surface area (Å²) in [7, 11) is 0. The van der Waals surface area contributed by atoms with Gasteiger partial charge in [0.1, 0.15) is 5.82 Å². The highest BCUT2D eigenvalue weighted by atomic mass is 19.1. The Kier molecular flexibility index (Phi) is 1.73. The maximum atomic E-state index is 13.1. The van der Waals surface area contributed by atoms with Crippen molar-refractivity contribution in [1.82, 2.24) is 0 Å². The molecule has 0 atom stereocenters. The van der Waals surface area contributed by atoms with Crippen LogP contribution >= 0.6 is 0 Å². The smallest absolute Gasteiger partial charge is 0.126 e. The molecule has 2 nitrogen and oxygen atoms in total. The first-order valence-electron chi connectivity index (χ1n) is 4.07. The van der Waals surface area contributed by atoms with E-state index in [-0.39, 0.29) is 5.82 Å². The van der Waals surface area contributed by atoms with Crippen molar-refractivity contribution in [3.8, 4) is 0 Å². The molecule has 0 saturated heterocycles. The van der Waals surface area contributed by atoms with Gasteiger partial charge in [0.25, 0.3) is 0 Å². The Morgan fingerprint density at radius 2 is 2.17 bits per heavy atom. The summed E-state index contributed by atoms with van der Waals surface area (Å²) < 4.78 is 13.1. The number of hydrogen-bond acceptors (Lipinski definition) is 2. The molecule has 3 N–H and O–H groups in total. The molecule has 0 amide bonds. The highest BCUT2D eigenvalue weighted by Gasteiger charge is 2.26. The van der Waals surface area contributed by atoms with E-state index in [1.54, 1.807) is 12.1 Å². The van der Waals surface area contributed by atoms with Crippen molar-refractivity contribution in [3.05, 3.63) is 29.6 Å². The second-order valence-electron chi connectivity index (χ2n) is 3.15. The minimum Gasteiger partial charge on any atom is -0.324 e. The Bertz CT molecular complexity index is 295. The fraction of sp³-hybridized carbons (Fsp3) is 0.333. The fourth-order valence-corrected chi connectivity index (χ4v) is 1.34. The monoisotopic (exact) mass is 166 g/mol. The molecule has 0 bridgehead atoms. The number of hydrogen-bond donors (Lipinski definition) is 2. The molecule has 0 radical (unpaired) electrons. The third-order valence-corrected chi connectivity index (χ3v) is 2.18. The van der Waals surface area contributed by atoms with Gasteiger partial charge < -0.3 is 5.43 Å². The zero-order valence-electron chi connectivity index (χ0n) is 6.68. The summed E-state index contributed by atoms with van der Waals surface area (Å²) >= 11 is 0. The number of nitrogens with two attached hydrogens (primary N) is 1. The third-order valence-electron chi connectivity index (χ3n) is 2.18. The first-order chi connectivity index (χ1) is 5.81. The number of nitrogens with one attached hydrogen (secondary N) is 1. The van der Waals surface area contributed by atoms with Crippen molar-refractivity contribution in [2.24, 2.45) is 5.84 Å². The van der Waals surface area contributed by atoms with E-state index >= 15 is 0 Å². The van der Waals surface area contributed by atoms with Crippen LogP contribution in [-0.2, 0) is 0 Å². The van der Waals surface area contributed by atoms with Crippen LogP contribution < -0.4 is 11.3 Å². The molecule has 1 aromatic carbocycles. The van der Waals surface area contributed by atoms with Crippen molar-refractivity contribution in [3.63, 3.8) is 0 Å². The van der Waals surface area contributed by atoms with Crippen LogP contribution in [0.2, 0.25) is 0 Å². The molecule has 1 aliphatic carbocycles. The van der Waals surface area contributed by atoms with Crippen molar-refractivity contribution in [1.29, 1.82) is 0 Å². The predicted molar refractivity (Wildman–Crippen MR) is 46.2 cm³/mol. The lowest BCUT2D eigenvalue weighted by molar-refractivity contribution is 0.611. The van der Waals surface area contributed by atoms with Gasteiger partial charge in [-0.25, -0.2) is 4.39 Å². The lowest BCUT2D eigenvalue weighted by atomic mass is 10.1. The molecule has 12 heavy (non-hydrogen) atoms. The summed E-state index contributed by atoms with van der Waals surface area (Å²) in [4.78, 5) is 0. The SMILES string of the molecule is NNc1ccc(F)c(C2CC2)c1. The Balaban J connectivity index is 2.36. The van der Waals surface area contributed by atoms with Crippen LogP contribution in [-0.4, -0.2) is 0 Å². The first-order valence-corrected chi connectivity index (χ1v) is 4.07. The normalized spacial score (nSPS) is 16.2. The van der Waals surface area contributed by atoms with E-state index in [1.807, 2.05) is 0 Å². The van der Waals surface area contributed by atoms with Crippen LogP contribution in [0, 0.1) is 5.82 Å². The fourth-order valence-electron chi connectivity index (χ4n) is 1.34. The van der Waals surface area contributed by atoms with Crippen LogP contribution in [0.4, 0.5) is 10.1 Å². The van der Waals surface area contributed by atoms with E-state index in [0.29, 0.717) is 5.92 Å².